The first-order valence-electron chi connectivity index (χ1n) is 6.83. The maximum atomic E-state index is 10.9. The lowest BCUT2D eigenvalue weighted by Crippen LogP contribution is -2.01. The predicted octanol–water partition coefficient (Wildman–Crippen LogP) is 4.46. The third kappa shape index (κ3) is 4.49. The van der Waals surface area contributed by atoms with Crippen LogP contribution in [0.5, 0.6) is 0 Å². The summed E-state index contributed by atoms with van der Waals surface area (Å²) in [5, 5.41) is 14.2. The third-order valence-electron chi connectivity index (χ3n) is 3.04. The van der Waals surface area contributed by atoms with E-state index in [1.165, 1.54) is 5.56 Å². The predicted molar refractivity (Wildman–Crippen MR) is 88.7 cm³/mol. The van der Waals surface area contributed by atoms with Gasteiger partial charge in [-0.1, -0.05) is 30.3 Å². The molecule has 0 heterocycles. The average molecular weight is 302 g/mol. The van der Waals surface area contributed by atoms with E-state index < -0.39 is 0 Å². The summed E-state index contributed by atoms with van der Waals surface area (Å²) in [4.78, 5) is 10.5. The van der Waals surface area contributed by atoms with Crippen LogP contribution < -0.4 is 5.32 Å². The highest BCUT2D eigenvalue weighted by atomic mass is 32.2. The van der Waals surface area contributed by atoms with Gasteiger partial charge in [-0.25, -0.2) is 0 Å². The van der Waals surface area contributed by atoms with Crippen LogP contribution in [0.15, 0.2) is 48.5 Å². The first kappa shape index (κ1) is 15.4. The van der Waals surface area contributed by atoms with Crippen molar-refractivity contribution in [3.05, 3.63) is 69.8 Å². The Kier molecular flexibility index (Phi) is 5.63. The highest BCUT2D eigenvalue weighted by Gasteiger charge is 2.10. The molecule has 110 valence electrons. The van der Waals surface area contributed by atoms with E-state index in [1.54, 1.807) is 30.0 Å². The Hall–Kier alpha value is -2.01. The number of nitro benzene ring substituents is 1. The van der Waals surface area contributed by atoms with Crippen molar-refractivity contribution in [1.29, 1.82) is 0 Å². The Morgan fingerprint density at radius 3 is 2.57 bits per heavy atom. The van der Waals surface area contributed by atoms with E-state index in [-0.39, 0.29) is 10.6 Å². The van der Waals surface area contributed by atoms with Crippen LogP contribution in [0.2, 0.25) is 0 Å². The zero-order valence-electron chi connectivity index (χ0n) is 11.9. The number of thioether (sulfide) groups is 1. The second-order valence-electron chi connectivity index (χ2n) is 4.61. The average Bonchev–Trinajstić information content (AvgIpc) is 2.50. The molecular weight excluding hydrogens is 284 g/mol. The van der Waals surface area contributed by atoms with Gasteiger partial charge in [0.2, 0.25) is 0 Å². The molecule has 0 saturated carbocycles. The molecule has 2 rings (SSSR count). The second kappa shape index (κ2) is 7.69. The van der Waals surface area contributed by atoms with E-state index in [0.29, 0.717) is 0 Å². The van der Waals surface area contributed by atoms with Gasteiger partial charge in [-0.05, 0) is 24.1 Å². The van der Waals surface area contributed by atoms with E-state index >= 15 is 0 Å². The monoisotopic (exact) mass is 302 g/mol. The molecule has 0 fully saturated rings. The van der Waals surface area contributed by atoms with Gasteiger partial charge in [-0.15, -0.1) is 0 Å². The van der Waals surface area contributed by atoms with Gasteiger partial charge < -0.3 is 5.32 Å². The highest BCUT2D eigenvalue weighted by Crippen LogP contribution is 2.27. The van der Waals surface area contributed by atoms with E-state index in [0.717, 1.165) is 29.3 Å². The van der Waals surface area contributed by atoms with Gasteiger partial charge in [-0.2, -0.15) is 11.8 Å². The fraction of sp³-hybridized carbons (Fsp3) is 0.250. The smallest absolute Gasteiger partial charge is 0.269 e. The largest absolute Gasteiger partial charge is 0.385 e. The van der Waals surface area contributed by atoms with Crippen LogP contribution in [0.3, 0.4) is 0 Å². The normalized spacial score (nSPS) is 10.3. The molecule has 0 saturated heterocycles. The Bertz CT molecular complexity index is 602. The molecule has 0 aliphatic heterocycles. The summed E-state index contributed by atoms with van der Waals surface area (Å²) in [5.41, 5.74) is 3.36. The molecule has 0 atom stereocenters. The minimum atomic E-state index is -0.346. The minimum absolute atomic E-state index is 0.145. The van der Waals surface area contributed by atoms with Gasteiger partial charge in [0.15, 0.2) is 0 Å². The molecule has 0 aliphatic carbocycles. The molecule has 5 heteroatoms. The highest BCUT2D eigenvalue weighted by molar-refractivity contribution is 7.97. The molecule has 1 N–H and O–H groups in total. The molecule has 0 amide bonds. The summed E-state index contributed by atoms with van der Waals surface area (Å²) in [6.45, 7) is 2.82. The molecule has 0 unspecified atom stereocenters. The van der Waals surface area contributed by atoms with Crippen LogP contribution in [-0.4, -0.2) is 11.5 Å². The van der Waals surface area contributed by atoms with Crippen molar-refractivity contribution in [3.63, 3.8) is 0 Å². The number of hydrogen-bond donors (Lipinski definition) is 1. The second-order valence-corrected chi connectivity index (χ2v) is 5.59. The van der Waals surface area contributed by atoms with E-state index in [9.17, 15) is 10.1 Å². The lowest BCUT2D eigenvalue weighted by Gasteiger charge is -2.10. The molecule has 0 aliphatic rings. The first-order chi connectivity index (χ1) is 10.2. The number of nitrogens with one attached hydrogen (secondary N) is 1. The molecule has 0 spiro atoms. The topological polar surface area (TPSA) is 55.2 Å². The lowest BCUT2D eigenvalue weighted by atomic mass is 10.2. The van der Waals surface area contributed by atoms with Crippen molar-refractivity contribution >= 4 is 23.1 Å². The summed E-state index contributed by atoms with van der Waals surface area (Å²) < 4.78 is 0. The maximum absolute atomic E-state index is 10.9. The molecule has 21 heavy (non-hydrogen) atoms. The lowest BCUT2D eigenvalue weighted by molar-refractivity contribution is -0.384. The summed E-state index contributed by atoms with van der Waals surface area (Å²) >= 11 is 1.76. The van der Waals surface area contributed by atoms with Crippen LogP contribution in [0.1, 0.15) is 18.1 Å². The Morgan fingerprint density at radius 1 is 1.14 bits per heavy atom. The quantitative estimate of drug-likeness (QED) is 0.606. The van der Waals surface area contributed by atoms with Crippen molar-refractivity contribution in [2.45, 2.75) is 18.4 Å². The zero-order valence-corrected chi connectivity index (χ0v) is 12.7. The first-order valence-corrected chi connectivity index (χ1v) is 7.99. The SMILES string of the molecule is CCNc1ccc([N+](=O)[O-])cc1CSCc1ccccc1. The number of anilines is 1. The van der Waals surface area contributed by atoms with Gasteiger partial charge in [-0.3, -0.25) is 10.1 Å². The van der Waals surface area contributed by atoms with Gasteiger partial charge in [0.25, 0.3) is 5.69 Å². The van der Waals surface area contributed by atoms with Crippen LogP contribution in [-0.2, 0) is 11.5 Å². The van der Waals surface area contributed by atoms with Gasteiger partial charge in [0, 0.05) is 35.9 Å². The minimum Gasteiger partial charge on any atom is -0.385 e. The van der Waals surface area contributed by atoms with Crippen LogP contribution in [0.4, 0.5) is 11.4 Å². The fourth-order valence-corrected chi connectivity index (χ4v) is 3.02. The van der Waals surface area contributed by atoms with Crippen molar-refractivity contribution in [3.8, 4) is 0 Å². The van der Waals surface area contributed by atoms with Crippen LogP contribution in [0.25, 0.3) is 0 Å². The van der Waals surface area contributed by atoms with E-state index in [4.69, 9.17) is 0 Å². The standard InChI is InChI=1S/C16H18N2O2S/c1-2-17-16-9-8-15(18(19)20)10-14(16)12-21-11-13-6-4-3-5-7-13/h3-10,17H,2,11-12H2,1H3. The molecule has 0 aromatic heterocycles. The van der Waals surface area contributed by atoms with Crippen molar-refractivity contribution < 1.29 is 4.92 Å². The Labute approximate surface area is 128 Å². The molecular formula is C16H18N2O2S. The van der Waals surface area contributed by atoms with Crippen LogP contribution in [0, 0.1) is 10.1 Å². The zero-order chi connectivity index (χ0) is 15.1. The number of nitro groups is 1. The summed E-state index contributed by atoms with van der Waals surface area (Å²) in [5.74, 6) is 1.65. The van der Waals surface area contributed by atoms with Crippen molar-refractivity contribution in [1.82, 2.24) is 0 Å². The van der Waals surface area contributed by atoms with Crippen molar-refractivity contribution in [2.24, 2.45) is 0 Å². The maximum Gasteiger partial charge on any atom is 0.269 e. The van der Waals surface area contributed by atoms with Crippen LogP contribution >= 0.6 is 11.8 Å². The Morgan fingerprint density at radius 2 is 1.90 bits per heavy atom. The molecule has 2 aromatic carbocycles. The third-order valence-corrected chi connectivity index (χ3v) is 4.09. The summed E-state index contributed by atoms with van der Waals surface area (Å²) in [6.07, 6.45) is 0. The number of hydrogen-bond acceptors (Lipinski definition) is 4. The number of rotatable bonds is 7. The fourth-order valence-electron chi connectivity index (χ4n) is 2.03. The molecule has 0 radical (unpaired) electrons. The number of non-ortho nitro benzene ring substituents is 1. The van der Waals surface area contributed by atoms with Crippen molar-refractivity contribution in [2.75, 3.05) is 11.9 Å². The van der Waals surface area contributed by atoms with E-state index in [1.807, 2.05) is 25.1 Å². The number of benzene rings is 2. The molecule has 0 bridgehead atoms. The van der Waals surface area contributed by atoms with E-state index in [2.05, 4.69) is 17.4 Å². The summed E-state index contributed by atoms with van der Waals surface area (Å²) in [7, 11) is 0. The van der Waals surface area contributed by atoms with Gasteiger partial charge in [0.1, 0.15) is 0 Å². The Balaban J connectivity index is 2.06. The number of nitrogens with zero attached hydrogens (tertiary/aromatic N) is 1. The molecule has 4 nitrogen and oxygen atoms in total. The van der Waals surface area contributed by atoms with Gasteiger partial charge in [0.05, 0.1) is 4.92 Å². The molecule has 2 aromatic rings. The van der Waals surface area contributed by atoms with Gasteiger partial charge >= 0.3 is 0 Å². The summed E-state index contributed by atoms with van der Waals surface area (Å²) in [6, 6.07) is 15.2.